The number of ether oxygens (including phenoxy) is 2. The van der Waals surface area contributed by atoms with Gasteiger partial charge in [0, 0.05) is 61.2 Å². The minimum atomic E-state index is -0.523. The Balaban J connectivity index is 1.40. The highest BCUT2D eigenvalue weighted by Crippen LogP contribution is 2.50. The third-order valence-corrected chi connectivity index (χ3v) is 8.80. The minimum absolute atomic E-state index is 0.0348. The molecule has 1 aliphatic carbocycles. The second-order valence-corrected chi connectivity index (χ2v) is 12.3. The van der Waals surface area contributed by atoms with E-state index in [1.165, 1.54) is 5.69 Å². The predicted molar refractivity (Wildman–Crippen MR) is 170 cm³/mol. The third kappa shape index (κ3) is 5.66. The smallest absolute Gasteiger partial charge is 0.242 e. The van der Waals surface area contributed by atoms with Crippen molar-refractivity contribution in [3.8, 4) is 11.5 Å². The molecule has 1 saturated heterocycles. The lowest BCUT2D eigenvalue weighted by atomic mass is 9.73. The van der Waals surface area contributed by atoms with Crippen LogP contribution in [0, 0.1) is 5.41 Å². The molecule has 1 amide bonds. The Morgan fingerprint density at radius 3 is 2.35 bits per heavy atom. The van der Waals surface area contributed by atoms with Crippen molar-refractivity contribution in [3.05, 3.63) is 89.6 Å². The molecular formula is C35H40N4O4. The van der Waals surface area contributed by atoms with Gasteiger partial charge in [0.25, 0.3) is 0 Å². The summed E-state index contributed by atoms with van der Waals surface area (Å²) in [5, 5.41) is 3.63. The van der Waals surface area contributed by atoms with Crippen molar-refractivity contribution >= 4 is 28.8 Å². The first-order valence-corrected chi connectivity index (χ1v) is 15.0. The summed E-state index contributed by atoms with van der Waals surface area (Å²) in [4.78, 5) is 34.5. The van der Waals surface area contributed by atoms with Gasteiger partial charge >= 0.3 is 0 Å². The summed E-state index contributed by atoms with van der Waals surface area (Å²) in [6.07, 6.45) is 1.16. The van der Waals surface area contributed by atoms with E-state index in [1.807, 2.05) is 65.6 Å². The number of nitrogens with zero attached hydrogens (tertiary/aromatic N) is 3. The number of carbonyl (C=O) groups excluding carboxylic acids is 2. The first-order valence-electron chi connectivity index (χ1n) is 15.0. The molecule has 1 atom stereocenters. The Labute approximate surface area is 253 Å². The van der Waals surface area contributed by atoms with Crippen LogP contribution in [-0.4, -0.2) is 63.5 Å². The molecule has 1 fully saturated rings. The summed E-state index contributed by atoms with van der Waals surface area (Å²) in [7, 11) is 3.25. The number of hydrogen-bond acceptors (Lipinski definition) is 7. The van der Waals surface area contributed by atoms with Crippen molar-refractivity contribution in [1.82, 2.24) is 4.90 Å². The molecule has 0 saturated carbocycles. The zero-order valence-electron chi connectivity index (χ0n) is 25.4. The van der Waals surface area contributed by atoms with Crippen LogP contribution in [0.3, 0.4) is 0 Å². The Morgan fingerprint density at radius 2 is 1.63 bits per heavy atom. The Bertz CT molecular complexity index is 1540. The van der Waals surface area contributed by atoms with Crippen LogP contribution in [0.2, 0.25) is 0 Å². The van der Waals surface area contributed by atoms with Crippen LogP contribution in [0.1, 0.15) is 38.3 Å². The summed E-state index contributed by atoms with van der Waals surface area (Å²) in [5.74, 6) is 1.40. The first kappa shape index (κ1) is 28.6. The summed E-state index contributed by atoms with van der Waals surface area (Å²) in [5.41, 5.74) is 5.18. The average Bonchev–Trinajstić information content (AvgIpc) is 3.15. The van der Waals surface area contributed by atoms with Crippen LogP contribution in [0.25, 0.3) is 0 Å². The summed E-state index contributed by atoms with van der Waals surface area (Å²) in [6, 6.07) is 23.5. The van der Waals surface area contributed by atoms with Crippen LogP contribution in [0.5, 0.6) is 11.5 Å². The number of Topliss-reactive ketones (excluding diaryl/α,β-unsaturated/α-hetero) is 1. The Hall–Kier alpha value is -4.46. The standard InChI is InChI=1S/C35H40N4O4/c1-35(2)21-28-33(30(40)22-35)34(26-15-14-25(42-3)20-31(26)43-4)39(29-13-9-8-12-27(29)36-28)23-32(41)38-18-16-37(17-19-38)24-10-6-5-7-11-24/h5-15,20,34,36H,16-19,21-23H2,1-4H3. The molecule has 1 N–H and O–H groups in total. The van der Waals surface area contributed by atoms with Crippen molar-refractivity contribution < 1.29 is 19.1 Å². The fourth-order valence-corrected chi connectivity index (χ4v) is 6.69. The van der Waals surface area contributed by atoms with Crippen LogP contribution in [0.15, 0.2) is 84.1 Å². The molecule has 3 aliphatic rings. The summed E-state index contributed by atoms with van der Waals surface area (Å²) < 4.78 is 11.4. The number of methoxy groups -OCH3 is 2. The normalized spacial score (nSPS) is 19.7. The number of para-hydroxylation sites is 3. The van der Waals surface area contributed by atoms with E-state index in [9.17, 15) is 9.59 Å². The highest BCUT2D eigenvalue weighted by molar-refractivity contribution is 6.02. The van der Waals surface area contributed by atoms with Gasteiger partial charge in [-0.15, -0.1) is 0 Å². The Kier molecular flexibility index (Phi) is 7.77. The molecule has 0 spiro atoms. The number of benzene rings is 3. The number of ketones is 1. The van der Waals surface area contributed by atoms with Gasteiger partial charge in [0.05, 0.1) is 38.2 Å². The molecule has 0 bridgehead atoms. The van der Waals surface area contributed by atoms with Gasteiger partial charge in [-0.3, -0.25) is 9.59 Å². The van der Waals surface area contributed by atoms with E-state index in [0.717, 1.165) is 42.1 Å². The fraction of sp³-hybridized carbons (Fsp3) is 0.371. The molecule has 3 aromatic rings. The number of hydrogen-bond donors (Lipinski definition) is 1. The number of anilines is 3. The molecule has 1 unspecified atom stereocenters. The summed E-state index contributed by atoms with van der Waals surface area (Å²) >= 11 is 0. The van der Waals surface area contributed by atoms with Crippen molar-refractivity contribution in [2.45, 2.75) is 32.7 Å². The van der Waals surface area contributed by atoms with Gasteiger partial charge in [-0.05, 0) is 48.2 Å². The molecule has 224 valence electrons. The fourth-order valence-electron chi connectivity index (χ4n) is 6.69. The summed E-state index contributed by atoms with van der Waals surface area (Å²) in [6.45, 7) is 7.20. The number of fused-ring (bicyclic) bond motifs is 1. The SMILES string of the molecule is COc1ccc(C2C3=C(CC(C)(C)CC3=O)Nc3ccccc3N2CC(=O)N2CCN(c3ccccc3)CC2)c(OC)c1. The molecule has 8 nitrogen and oxygen atoms in total. The second-order valence-electron chi connectivity index (χ2n) is 12.3. The van der Waals surface area contributed by atoms with Crippen molar-refractivity contribution in [2.75, 3.05) is 62.1 Å². The maximum atomic E-state index is 14.1. The molecule has 43 heavy (non-hydrogen) atoms. The molecule has 0 radical (unpaired) electrons. The second kappa shape index (κ2) is 11.7. The van der Waals surface area contributed by atoms with E-state index < -0.39 is 6.04 Å². The number of carbonyl (C=O) groups is 2. The lowest BCUT2D eigenvalue weighted by Gasteiger charge is -2.40. The number of allylic oxidation sites excluding steroid dienone is 1. The molecular weight excluding hydrogens is 540 g/mol. The number of amides is 1. The number of rotatable bonds is 6. The largest absolute Gasteiger partial charge is 0.497 e. The zero-order chi connectivity index (χ0) is 30.1. The van der Waals surface area contributed by atoms with Crippen LogP contribution >= 0.6 is 0 Å². The third-order valence-electron chi connectivity index (χ3n) is 8.80. The van der Waals surface area contributed by atoms with E-state index in [0.29, 0.717) is 36.6 Å². The molecule has 0 aromatic heterocycles. The molecule has 2 heterocycles. The lowest BCUT2D eigenvalue weighted by Crippen LogP contribution is -2.52. The first-order chi connectivity index (χ1) is 20.8. The molecule has 3 aromatic carbocycles. The highest BCUT2D eigenvalue weighted by atomic mass is 16.5. The van der Waals surface area contributed by atoms with Crippen LogP contribution in [0.4, 0.5) is 17.1 Å². The molecule has 8 heteroatoms. The zero-order valence-corrected chi connectivity index (χ0v) is 25.4. The quantitative estimate of drug-likeness (QED) is 0.403. The average molecular weight is 581 g/mol. The lowest BCUT2D eigenvalue weighted by molar-refractivity contribution is -0.130. The number of piperazine rings is 1. The van der Waals surface area contributed by atoms with Gasteiger partial charge in [0.1, 0.15) is 11.5 Å². The van der Waals surface area contributed by atoms with Gasteiger partial charge in [0.2, 0.25) is 5.91 Å². The van der Waals surface area contributed by atoms with E-state index in [4.69, 9.17) is 9.47 Å². The Morgan fingerprint density at radius 1 is 0.907 bits per heavy atom. The minimum Gasteiger partial charge on any atom is -0.497 e. The van der Waals surface area contributed by atoms with E-state index in [2.05, 4.69) is 41.1 Å². The van der Waals surface area contributed by atoms with Crippen molar-refractivity contribution in [3.63, 3.8) is 0 Å². The van der Waals surface area contributed by atoms with Crippen molar-refractivity contribution in [1.29, 1.82) is 0 Å². The van der Waals surface area contributed by atoms with Crippen LogP contribution in [-0.2, 0) is 9.59 Å². The predicted octanol–water partition coefficient (Wildman–Crippen LogP) is 5.67. The molecule has 2 aliphatic heterocycles. The van der Waals surface area contributed by atoms with Gasteiger partial charge < -0.3 is 29.5 Å². The maximum absolute atomic E-state index is 14.1. The van der Waals surface area contributed by atoms with Crippen molar-refractivity contribution in [2.24, 2.45) is 5.41 Å². The number of nitrogens with one attached hydrogen (secondary N) is 1. The van der Waals surface area contributed by atoms with E-state index in [1.54, 1.807) is 14.2 Å². The van der Waals surface area contributed by atoms with Gasteiger partial charge in [-0.25, -0.2) is 0 Å². The van der Waals surface area contributed by atoms with Gasteiger partial charge in [0.15, 0.2) is 5.78 Å². The van der Waals surface area contributed by atoms with E-state index >= 15 is 0 Å². The monoisotopic (exact) mass is 580 g/mol. The van der Waals surface area contributed by atoms with Crippen LogP contribution < -0.4 is 24.6 Å². The van der Waals surface area contributed by atoms with Gasteiger partial charge in [-0.1, -0.05) is 44.2 Å². The highest BCUT2D eigenvalue weighted by Gasteiger charge is 2.43. The maximum Gasteiger partial charge on any atom is 0.242 e. The van der Waals surface area contributed by atoms with Gasteiger partial charge in [-0.2, -0.15) is 0 Å². The molecule has 6 rings (SSSR count). The van der Waals surface area contributed by atoms with E-state index in [-0.39, 0.29) is 23.7 Å². The topological polar surface area (TPSA) is 74.4 Å².